The molecule has 2 N–H and O–H groups in total. The van der Waals surface area contributed by atoms with Crippen LogP contribution in [0.4, 0.5) is 0 Å². The summed E-state index contributed by atoms with van der Waals surface area (Å²) in [6.07, 6.45) is 0.635. The van der Waals surface area contributed by atoms with E-state index >= 15 is 0 Å². The molecule has 31 heavy (non-hydrogen) atoms. The zero-order chi connectivity index (χ0) is 21.8. The van der Waals surface area contributed by atoms with Crippen LogP contribution in [0, 0.1) is 6.92 Å². The van der Waals surface area contributed by atoms with Crippen molar-refractivity contribution in [2.24, 2.45) is 0 Å². The largest absolute Gasteiger partial charge is 0.497 e. The predicted octanol–water partition coefficient (Wildman–Crippen LogP) is 2.98. The Bertz CT molecular complexity index is 1260. The lowest BCUT2D eigenvalue weighted by molar-refractivity contribution is -0.121. The fourth-order valence-electron chi connectivity index (χ4n) is 3.63. The highest BCUT2D eigenvalue weighted by Crippen LogP contribution is 2.19. The van der Waals surface area contributed by atoms with E-state index in [0.29, 0.717) is 23.5 Å². The molecule has 158 valence electrons. The molecule has 0 radical (unpaired) electrons. The number of aryl methyl sites for hydroxylation is 1. The SMILES string of the molecule is COc1cccc(CC(=O)NC(Cc2cc(=O)n3[nH]c(C)cc3n2)c2ccccc2)c1. The number of aromatic amines is 1. The van der Waals surface area contributed by atoms with E-state index in [9.17, 15) is 9.59 Å². The lowest BCUT2D eigenvalue weighted by Crippen LogP contribution is -2.31. The van der Waals surface area contributed by atoms with Crippen molar-refractivity contribution < 1.29 is 9.53 Å². The first kappa shape index (κ1) is 20.4. The van der Waals surface area contributed by atoms with Crippen LogP contribution in [0.3, 0.4) is 0 Å². The van der Waals surface area contributed by atoms with E-state index in [-0.39, 0.29) is 23.9 Å². The van der Waals surface area contributed by atoms with Crippen LogP contribution >= 0.6 is 0 Å². The third-order valence-electron chi connectivity index (χ3n) is 5.08. The maximum atomic E-state index is 12.8. The number of carbonyl (C=O) groups is 1. The van der Waals surface area contributed by atoms with Crippen LogP contribution in [0.5, 0.6) is 5.75 Å². The number of H-pyrrole nitrogens is 1. The number of benzene rings is 2. The minimum atomic E-state index is -0.311. The maximum Gasteiger partial charge on any atom is 0.272 e. The van der Waals surface area contributed by atoms with Crippen molar-refractivity contribution in [3.8, 4) is 5.75 Å². The number of nitrogens with one attached hydrogen (secondary N) is 2. The zero-order valence-corrected chi connectivity index (χ0v) is 17.5. The summed E-state index contributed by atoms with van der Waals surface area (Å²) in [6.45, 7) is 1.87. The standard InChI is InChI=1S/C24H24N4O3/c1-16-11-22-25-19(15-24(30)28(22)27-16)14-21(18-8-4-3-5-9-18)26-23(29)13-17-7-6-10-20(12-17)31-2/h3-12,15,21,27H,13-14H2,1-2H3,(H,26,29). The number of methoxy groups -OCH3 is 1. The molecular formula is C24H24N4O3. The van der Waals surface area contributed by atoms with Crippen molar-refractivity contribution in [3.63, 3.8) is 0 Å². The molecule has 0 aliphatic heterocycles. The van der Waals surface area contributed by atoms with E-state index in [2.05, 4.69) is 15.4 Å². The Balaban J connectivity index is 1.58. The van der Waals surface area contributed by atoms with E-state index in [1.54, 1.807) is 7.11 Å². The van der Waals surface area contributed by atoms with Gasteiger partial charge < -0.3 is 10.1 Å². The fraction of sp³-hybridized carbons (Fsp3) is 0.208. The minimum absolute atomic E-state index is 0.114. The van der Waals surface area contributed by atoms with Gasteiger partial charge in [-0.2, -0.15) is 0 Å². The van der Waals surface area contributed by atoms with Gasteiger partial charge in [-0.3, -0.25) is 14.7 Å². The van der Waals surface area contributed by atoms with Crippen LogP contribution in [-0.2, 0) is 17.6 Å². The van der Waals surface area contributed by atoms with E-state index < -0.39 is 0 Å². The van der Waals surface area contributed by atoms with Gasteiger partial charge in [0.15, 0.2) is 5.65 Å². The van der Waals surface area contributed by atoms with Crippen molar-refractivity contribution in [3.05, 3.63) is 99.6 Å². The minimum Gasteiger partial charge on any atom is -0.497 e. The summed E-state index contributed by atoms with van der Waals surface area (Å²) in [5, 5.41) is 6.07. The van der Waals surface area contributed by atoms with Crippen LogP contribution in [0.15, 0.2) is 71.5 Å². The van der Waals surface area contributed by atoms with Crippen molar-refractivity contribution in [2.75, 3.05) is 7.11 Å². The molecule has 0 bridgehead atoms. The smallest absolute Gasteiger partial charge is 0.272 e. The summed E-state index contributed by atoms with van der Waals surface area (Å²) in [6, 6.07) is 20.2. The molecule has 0 aliphatic carbocycles. The Morgan fingerprint density at radius 1 is 1.13 bits per heavy atom. The first-order chi connectivity index (χ1) is 15.0. The highest BCUT2D eigenvalue weighted by Gasteiger charge is 2.18. The Morgan fingerprint density at radius 3 is 2.71 bits per heavy atom. The van der Waals surface area contributed by atoms with Gasteiger partial charge >= 0.3 is 0 Å². The summed E-state index contributed by atoms with van der Waals surface area (Å²) in [7, 11) is 1.60. The average Bonchev–Trinajstić information content (AvgIpc) is 3.15. The molecule has 2 heterocycles. The second-order valence-corrected chi connectivity index (χ2v) is 7.48. The van der Waals surface area contributed by atoms with Gasteiger partial charge in [0.25, 0.3) is 5.56 Å². The van der Waals surface area contributed by atoms with Gasteiger partial charge in [0, 0.05) is 24.2 Å². The average molecular weight is 416 g/mol. The lowest BCUT2D eigenvalue weighted by Gasteiger charge is -2.19. The van der Waals surface area contributed by atoms with Crippen LogP contribution in [-0.4, -0.2) is 27.6 Å². The molecule has 1 atom stereocenters. The Hall–Kier alpha value is -3.87. The second-order valence-electron chi connectivity index (χ2n) is 7.48. The van der Waals surface area contributed by atoms with E-state index in [1.165, 1.54) is 10.6 Å². The normalized spacial score (nSPS) is 11.9. The first-order valence-corrected chi connectivity index (χ1v) is 10.1. The van der Waals surface area contributed by atoms with Crippen LogP contribution in [0.25, 0.3) is 5.65 Å². The quantitative estimate of drug-likeness (QED) is 0.485. The number of amides is 1. The highest BCUT2D eigenvalue weighted by atomic mass is 16.5. The van der Waals surface area contributed by atoms with Gasteiger partial charge in [0.05, 0.1) is 25.3 Å². The molecule has 4 aromatic rings. The first-order valence-electron chi connectivity index (χ1n) is 10.1. The maximum absolute atomic E-state index is 12.8. The van der Waals surface area contributed by atoms with Gasteiger partial charge in [-0.15, -0.1) is 0 Å². The topological polar surface area (TPSA) is 88.5 Å². The van der Waals surface area contributed by atoms with Gasteiger partial charge in [-0.25, -0.2) is 9.50 Å². The Kier molecular flexibility index (Phi) is 5.84. The zero-order valence-electron chi connectivity index (χ0n) is 17.5. The van der Waals surface area contributed by atoms with Gasteiger partial charge in [0.2, 0.25) is 5.91 Å². The monoisotopic (exact) mass is 416 g/mol. The molecule has 0 aliphatic rings. The summed E-state index contributed by atoms with van der Waals surface area (Å²) < 4.78 is 6.65. The summed E-state index contributed by atoms with van der Waals surface area (Å²) in [5.41, 5.74) is 3.68. The predicted molar refractivity (Wildman–Crippen MR) is 118 cm³/mol. The number of nitrogens with zero attached hydrogens (tertiary/aromatic N) is 2. The van der Waals surface area contributed by atoms with Crippen molar-refractivity contribution >= 4 is 11.6 Å². The lowest BCUT2D eigenvalue weighted by atomic mass is 10.0. The molecule has 0 saturated heterocycles. The molecule has 0 fully saturated rings. The van der Waals surface area contributed by atoms with Gasteiger partial charge in [0.1, 0.15) is 5.75 Å². The molecule has 4 rings (SSSR count). The molecule has 7 nitrogen and oxygen atoms in total. The van der Waals surface area contributed by atoms with Crippen LogP contribution in [0.2, 0.25) is 0 Å². The molecule has 2 aromatic heterocycles. The number of aromatic nitrogens is 3. The Morgan fingerprint density at radius 2 is 1.94 bits per heavy atom. The van der Waals surface area contributed by atoms with E-state index in [4.69, 9.17) is 4.74 Å². The summed E-state index contributed by atoms with van der Waals surface area (Å²) >= 11 is 0. The third kappa shape index (κ3) is 4.83. The number of rotatable bonds is 7. The van der Waals surface area contributed by atoms with Crippen molar-refractivity contribution in [1.29, 1.82) is 0 Å². The molecule has 7 heteroatoms. The van der Waals surface area contributed by atoms with Crippen LogP contribution < -0.4 is 15.6 Å². The number of fused-ring (bicyclic) bond motifs is 1. The molecule has 2 aromatic carbocycles. The van der Waals surface area contributed by atoms with E-state index in [0.717, 1.165) is 16.8 Å². The Labute approximate surface area is 179 Å². The van der Waals surface area contributed by atoms with Crippen molar-refractivity contribution in [2.45, 2.75) is 25.8 Å². The molecule has 1 amide bonds. The molecule has 1 unspecified atom stereocenters. The van der Waals surface area contributed by atoms with Gasteiger partial charge in [-0.1, -0.05) is 42.5 Å². The number of ether oxygens (including phenoxy) is 1. The second kappa shape index (κ2) is 8.87. The van der Waals surface area contributed by atoms with Crippen molar-refractivity contribution in [1.82, 2.24) is 19.9 Å². The third-order valence-corrected chi connectivity index (χ3v) is 5.08. The van der Waals surface area contributed by atoms with Gasteiger partial charge in [-0.05, 0) is 30.2 Å². The number of carbonyl (C=O) groups excluding carboxylic acids is 1. The van der Waals surface area contributed by atoms with E-state index in [1.807, 2.05) is 67.6 Å². The molecule has 0 saturated carbocycles. The summed E-state index contributed by atoms with van der Waals surface area (Å²) in [4.78, 5) is 29.9. The summed E-state index contributed by atoms with van der Waals surface area (Å²) in [5.74, 6) is 0.599. The molecule has 0 spiro atoms. The number of hydrogen-bond donors (Lipinski definition) is 2. The van der Waals surface area contributed by atoms with Crippen LogP contribution in [0.1, 0.15) is 28.6 Å². The fourth-order valence-corrected chi connectivity index (χ4v) is 3.63. The molecular weight excluding hydrogens is 392 g/mol. The number of hydrogen-bond acceptors (Lipinski definition) is 4. The highest BCUT2D eigenvalue weighted by molar-refractivity contribution is 5.79.